The Balaban J connectivity index is 2.63. The molecule has 0 aromatic heterocycles. The van der Waals surface area contributed by atoms with E-state index in [9.17, 15) is 9.59 Å². The first-order valence-electron chi connectivity index (χ1n) is 7.04. The molecule has 0 fully saturated rings. The zero-order chi connectivity index (χ0) is 15.8. The highest BCUT2D eigenvalue weighted by Crippen LogP contribution is 2.14. The van der Waals surface area contributed by atoms with Gasteiger partial charge in [-0.3, -0.25) is 9.59 Å². The highest BCUT2D eigenvalue weighted by molar-refractivity contribution is 5.82. The van der Waals surface area contributed by atoms with Crippen molar-refractivity contribution in [2.24, 2.45) is 5.92 Å². The van der Waals surface area contributed by atoms with Gasteiger partial charge in [0.15, 0.2) is 6.10 Å². The van der Waals surface area contributed by atoms with Crippen molar-refractivity contribution in [2.45, 2.75) is 26.4 Å². The lowest BCUT2D eigenvalue weighted by atomic mass is 10.1. The SMILES string of the molecule is CCC(Oc1ccccc1)C(=O)N(C)CC(C)C(=O)OC. The molecular weight excluding hydrogens is 270 g/mol. The number of methoxy groups -OCH3 is 1. The third-order valence-corrected chi connectivity index (χ3v) is 3.20. The Morgan fingerprint density at radius 2 is 1.86 bits per heavy atom. The molecule has 2 unspecified atom stereocenters. The maximum Gasteiger partial charge on any atom is 0.310 e. The van der Waals surface area contributed by atoms with Crippen LogP contribution in [-0.2, 0) is 14.3 Å². The summed E-state index contributed by atoms with van der Waals surface area (Å²) in [5, 5.41) is 0. The van der Waals surface area contributed by atoms with E-state index in [2.05, 4.69) is 4.74 Å². The van der Waals surface area contributed by atoms with Crippen LogP contribution in [0.15, 0.2) is 30.3 Å². The van der Waals surface area contributed by atoms with Gasteiger partial charge in [0.25, 0.3) is 5.91 Å². The summed E-state index contributed by atoms with van der Waals surface area (Å²) in [7, 11) is 3.01. The average molecular weight is 293 g/mol. The van der Waals surface area contributed by atoms with Gasteiger partial charge in [0.1, 0.15) is 5.75 Å². The van der Waals surface area contributed by atoms with Crippen LogP contribution in [0.3, 0.4) is 0 Å². The largest absolute Gasteiger partial charge is 0.481 e. The summed E-state index contributed by atoms with van der Waals surface area (Å²) in [5.41, 5.74) is 0. The van der Waals surface area contributed by atoms with E-state index in [4.69, 9.17) is 4.74 Å². The highest BCUT2D eigenvalue weighted by atomic mass is 16.5. The van der Waals surface area contributed by atoms with E-state index < -0.39 is 6.10 Å². The van der Waals surface area contributed by atoms with Crippen molar-refractivity contribution in [1.82, 2.24) is 4.90 Å². The molecule has 2 atom stereocenters. The van der Waals surface area contributed by atoms with Gasteiger partial charge < -0.3 is 14.4 Å². The quantitative estimate of drug-likeness (QED) is 0.723. The molecule has 0 N–H and O–H groups in total. The average Bonchev–Trinajstić information content (AvgIpc) is 2.51. The standard InChI is InChI=1S/C16H23NO4/c1-5-14(21-13-9-7-6-8-10-13)15(18)17(3)11-12(2)16(19)20-4/h6-10,12,14H,5,11H2,1-4H3. The van der Waals surface area contributed by atoms with Crippen molar-refractivity contribution < 1.29 is 19.1 Å². The van der Waals surface area contributed by atoms with Crippen molar-refractivity contribution in [3.05, 3.63) is 30.3 Å². The van der Waals surface area contributed by atoms with Crippen LogP contribution < -0.4 is 4.74 Å². The Morgan fingerprint density at radius 3 is 2.38 bits per heavy atom. The molecule has 0 bridgehead atoms. The van der Waals surface area contributed by atoms with Crippen molar-refractivity contribution in [3.63, 3.8) is 0 Å². The first-order chi connectivity index (χ1) is 9.99. The number of rotatable bonds is 7. The van der Waals surface area contributed by atoms with Crippen LogP contribution in [0.25, 0.3) is 0 Å². The summed E-state index contributed by atoms with van der Waals surface area (Å²) in [6.07, 6.45) is 0.00672. The third kappa shape index (κ3) is 5.10. The molecule has 0 heterocycles. The van der Waals surface area contributed by atoms with Crippen molar-refractivity contribution >= 4 is 11.9 Å². The highest BCUT2D eigenvalue weighted by Gasteiger charge is 2.25. The number of benzene rings is 1. The van der Waals surface area contributed by atoms with Gasteiger partial charge in [-0.05, 0) is 18.6 Å². The molecule has 0 spiro atoms. The second-order valence-corrected chi connectivity index (χ2v) is 4.97. The maximum absolute atomic E-state index is 12.4. The number of carbonyl (C=O) groups excluding carboxylic acids is 2. The summed E-state index contributed by atoms with van der Waals surface area (Å²) in [6.45, 7) is 3.93. The van der Waals surface area contributed by atoms with Crippen LogP contribution in [0, 0.1) is 5.92 Å². The first-order valence-corrected chi connectivity index (χ1v) is 7.04. The summed E-state index contributed by atoms with van der Waals surface area (Å²) < 4.78 is 10.4. The monoisotopic (exact) mass is 293 g/mol. The molecule has 1 amide bonds. The van der Waals surface area contributed by atoms with Gasteiger partial charge in [0, 0.05) is 13.6 Å². The number of esters is 1. The van der Waals surface area contributed by atoms with Crippen LogP contribution in [-0.4, -0.2) is 43.6 Å². The van der Waals surface area contributed by atoms with E-state index in [1.54, 1.807) is 14.0 Å². The van der Waals surface area contributed by atoms with Gasteiger partial charge in [0.05, 0.1) is 13.0 Å². The number of amides is 1. The maximum atomic E-state index is 12.4. The van der Waals surface area contributed by atoms with Crippen molar-refractivity contribution in [2.75, 3.05) is 20.7 Å². The molecule has 0 aliphatic heterocycles. The molecule has 0 saturated carbocycles. The predicted molar refractivity (Wildman–Crippen MR) is 80.0 cm³/mol. The molecule has 1 aromatic rings. The summed E-state index contributed by atoms with van der Waals surface area (Å²) >= 11 is 0. The lowest BCUT2D eigenvalue weighted by molar-refractivity contribution is -0.147. The van der Waals surface area contributed by atoms with Crippen molar-refractivity contribution in [3.8, 4) is 5.75 Å². The zero-order valence-electron chi connectivity index (χ0n) is 13.0. The van der Waals surface area contributed by atoms with Crippen LogP contribution in [0.1, 0.15) is 20.3 Å². The summed E-state index contributed by atoms with van der Waals surface area (Å²) in [5.74, 6) is -0.172. The van der Waals surface area contributed by atoms with E-state index in [0.29, 0.717) is 18.7 Å². The molecule has 21 heavy (non-hydrogen) atoms. The van der Waals surface area contributed by atoms with Crippen molar-refractivity contribution in [1.29, 1.82) is 0 Å². The topological polar surface area (TPSA) is 55.8 Å². The number of hydrogen-bond donors (Lipinski definition) is 0. The van der Waals surface area contributed by atoms with Gasteiger partial charge in [-0.15, -0.1) is 0 Å². The second kappa shape index (κ2) is 8.29. The van der Waals surface area contributed by atoms with Gasteiger partial charge in [-0.1, -0.05) is 32.0 Å². The van der Waals surface area contributed by atoms with Crippen LogP contribution in [0.4, 0.5) is 0 Å². The van der Waals surface area contributed by atoms with Crippen LogP contribution >= 0.6 is 0 Å². The summed E-state index contributed by atoms with van der Waals surface area (Å²) in [6, 6.07) is 9.23. The third-order valence-electron chi connectivity index (χ3n) is 3.20. The fourth-order valence-electron chi connectivity index (χ4n) is 1.99. The lowest BCUT2D eigenvalue weighted by Crippen LogP contribution is -2.42. The Kier molecular flexibility index (Phi) is 6.72. The number of carbonyl (C=O) groups is 2. The molecular formula is C16H23NO4. The Morgan fingerprint density at radius 1 is 1.24 bits per heavy atom. The Hall–Kier alpha value is -2.04. The molecule has 1 aromatic carbocycles. The van der Waals surface area contributed by atoms with E-state index in [1.165, 1.54) is 12.0 Å². The zero-order valence-corrected chi connectivity index (χ0v) is 13.0. The van der Waals surface area contributed by atoms with Gasteiger partial charge >= 0.3 is 5.97 Å². The minimum Gasteiger partial charge on any atom is -0.481 e. The minimum absolute atomic E-state index is 0.142. The Labute approximate surface area is 125 Å². The molecule has 5 nitrogen and oxygen atoms in total. The molecule has 116 valence electrons. The van der Waals surface area contributed by atoms with E-state index in [0.717, 1.165) is 0 Å². The van der Waals surface area contributed by atoms with Gasteiger partial charge in [-0.25, -0.2) is 0 Å². The van der Waals surface area contributed by atoms with E-state index >= 15 is 0 Å². The fraction of sp³-hybridized carbons (Fsp3) is 0.500. The molecule has 1 rings (SSSR count). The van der Waals surface area contributed by atoms with Crippen LogP contribution in [0.5, 0.6) is 5.75 Å². The number of hydrogen-bond acceptors (Lipinski definition) is 4. The smallest absolute Gasteiger partial charge is 0.310 e. The number of nitrogens with zero attached hydrogens (tertiary/aromatic N) is 1. The molecule has 5 heteroatoms. The molecule has 0 aliphatic rings. The lowest BCUT2D eigenvalue weighted by Gasteiger charge is -2.25. The van der Waals surface area contributed by atoms with E-state index in [1.807, 2.05) is 37.3 Å². The molecule has 0 radical (unpaired) electrons. The van der Waals surface area contributed by atoms with Crippen LogP contribution in [0.2, 0.25) is 0 Å². The molecule has 0 aliphatic carbocycles. The number of ether oxygens (including phenoxy) is 2. The first kappa shape index (κ1) is 17.0. The van der Waals surface area contributed by atoms with E-state index in [-0.39, 0.29) is 17.8 Å². The van der Waals surface area contributed by atoms with Gasteiger partial charge in [-0.2, -0.15) is 0 Å². The fourth-order valence-corrected chi connectivity index (χ4v) is 1.99. The number of likely N-dealkylation sites (N-methyl/N-ethyl adjacent to an activating group) is 1. The minimum atomic E-state index is -0.553. The second-order valence-electron chi connectivity index (χ2n) is 4.97. The summed E-state index contributed by atoms with van der Waals surface area (Å²) in [4.78, 5) is 25.3. The predicted octanol–water partition coefficient (Wildman–Crippen LogP) is 2.11. The van der Waals surface area contributed by atoms with Gasteiger partial charge in [0.2, 0.25) is 0 Å². The number of para-hydroxylation sites is 1. The Bertz CT molecular complexity index is 461. The normalized spacial score (nSPS) is 13.1. The molecule has 0 saturated heterocycles.